The summed E-state index contributed by atoms with van der Waals surface area (Å²) in [5, 5.41) is 8.67. The Kier molecular flexibility index (Phi) is 3.90. The van der Waals surface area contributed by atoms with E-state index in [2.05, 4.69) is 11.8 Å². The number of benzene rings is 1. The van der Waals surface area contributed by atoms with E-state index in [1.807, 2.05) is 0 Å². The van der Waals surface area contributed by atoms with Crippen LogP contribution in [-0.2, 0) is 4.79 Å². The normalized spacial score (nSPS) is 8.87. The molecule has 0 amide bonds. The van der Waals surface area contributed by atoms with Crippen LogP contribution < -0.4 is 0 Å². The van der Waals surface area contributed by atoms with Crippen LogP contribution in [0.1, 0.15) is 22.3 Å². The molecule has 1 aromatic carbocycles. The smallest absolute Gasteiger partial charge is 0.315 e. The predicted octanol–water partition coefficient (Wildman–Crippen LogP) is 1.98. The Bertz CT molecular complexity index is 455. The van der Waals surface area contributed by atoms with Crippen LogP contribution >= 0.6 is 11.6 Å². The summed E-state index contributed by atoms with van der Waals surface area (Å²) >= 11 is 5.76. The molecule has 0 aliphatic carbocycles. The average molecular weight is 223 g/mol. The van der Waals surface area contributed by atoms with Crippen LogP contribution in [0.5, 0.6) is 0 Å². The number of rotatable bonds is 2. The van der Waals surface area contributed by atoms with Gasteiger partial charge in [0.15, 0.2) is 6.29 Å². The number of hydrogen-bond acceptors (Lipinski definition) is 2. The van der Waals surface area contributed by atoms with Crippen molar-refractivity contribution in [2.24, 2.45) is 0 Å². The van der Waals surface area contributed by atoms with Gasteiger partial charge in [-0.3, -0.25) is 9.59 Å². The number of aliphatic carboxylic acids is 1. The molecule has 1 rings (SSSR count). The van der Waals surface area contributed by atoms with E-state index in [0.29, 0.717) is 22.4 Å². The highest BCUT2D eigenvalue weighted by molar-refractivity contribution is 6.33. The summed E-state index contributed by atoms with van der Waals surface area (Å²) in [6, 6.07) is 4.69. The van der Waals surface area contributed by atoms with E-state index in [0.717, 1.165) is 0 Å². The van der Waals surface area contributed by atoms with Gasteiger partial charge in [0.1, 0.15) is 6.42 Å². The van der Waals surface area contributed by atoms with Crippen LogP contribution in [-0.4, -0.2) is 17.4 Å². The Morgan fingerprint density at radius 2 is 2.27 bits per heavy atom. The number of carbonyl (C=O) groups excluding carboxylic acids is 1. The van der Waals surface area contributed by atoms with E-state index in [4.69, 9.17) is 16.7 Å². The van der Waals surface area contributed by atoms with Gasteiger partial charge in [0.05, 0.1) is 5.02 Å². The van der Waals surface area contributed by atoms with Gasteiger partial charge in [0.2, 0.25) is 0 Å². The summed E-state index contributed by atoms with van der Waals surface area (Å²) in [5.74, 6) is 4.13. The van der Waals surface area contributed by atoms with Gasteiger partial charge in [0.25, 0.3) is 0 Å². The molecule has 0 aliphatic heterocycles. The lowest BCUT2D eigenvalue weighted by Crippen LogP contribution is -1.90. The summed E-state index contributed by atoms with van der Waals surface area (Å²) in [6.07, 6.45) is 0.434. The van der Waals surface area contributed by atoms with Gasteiger partial charge < -0.3 is 5.11 Å². The van der Waals surface area contributed by atoms with Crippen molar-refractivity contribution < 1.29 is 14.7 Å². The predicted molar refractivity (Wildman–Crippen MR) is 56.0 cm³/mol. The minimum atomic E-state index is -0.974. The molecular formula is C11H7ClO3. The van der Waals surface area contributed by atoms with Crippen LogP contribution in [0.2, 0.25) is 5.02 Å². The lowest BCUT2D eigenvalue weighted by molar-refractivity contribution is -0.135. The quantitative estimate of drug-likeness (QED) is 0.615. The van der Waals surface area contributed by atoms with Crippen molar-refractivity contribution >= 4 is 23.9 Å². The molecule has 0 aromatic heterocycles. The number of carboxylic acid groups (broad SMARTS) is 1. The maximum absolute atomic E-state index is 10.4. The summed E-state index contributed by atoms with van der Waals surface area (Å²) in [4.78, 5) is 20.6. The highest BCUT2D eigenvalue weighted by Gasteiger charge is 1.98. The van der Waals surface area contributed by atoms with Crippen molar-refractivity contribution in [2.45, 2.75) is 6.42 Å². The third kappa shape index (κ3) is 3.45. The molecule has 0 aliphatic rings. The van der Waals surface area contributed by atoms with Crippen molar-refractivity contribution in [1.82, 2.24) is 0 Å². The van der Waals surface area contributed by atoms with Crippen molar-refractivity contribution in [2.75, 3.05) is 0 Å². The second-order valence-electron chi connectivity index (χ2n) is 2.73. The summed E-state index contributed by atoms with van der Waals surface area (Å²) < 4.78 is 0. The van der Waals surface area contributed by atoms with E-state index in [-0.39, 0.29) is 6.42 Å². The van der Waals surface area contributed by atoms with Crippen LogP contribution in [0.15, 0.2) is 18.2 Å². The number of carbonyl (C=O) groups is 2. The van der Waals surface area contributed by atoms with Gasteiger partial charge in [-0.15, -0.1) is 0 Å². The Morgan fingerprint density at radius 1 is 1.53 bits per heavy atom. The molecule has 0 saturated carbocycles. The minimum Gasteiger partial charge on any atom is -0.481 e. The van der Waals surface area contributed by atoms with Gasteiger partial charge in [-0.25, -0.2) is 0 Å². The highest BCUT2D eigenvalue weighted by atomic mass is 35.5. The van der Waals surface area contributed by atoms with E-state index in [9.17, 15) is 9.59 Å². The van der Waals surface area contributed by atoms with E-state index < -0.39 is 5.97 Å². The maximum atomic E-state index is 10.4. The summed E-state index contributed by atoms with van der Waals surface area (Å²) in [5.41, 5.74) is 0.979. The summed E-state index contributed by atoms with van der Waals surface area (Å²) in [7, 11) is 0. The molecule has 3 nitrogen and oxygen atoms in total. The first-order valence-corrected chi connectivity index (χ1v) is 4.46. The van der Waals surface area contributed by atoms with Gasteiger partial charge in [-0.1, -0.05) is 23.4 Å². The van der Waals surface area contributed by atoms with E-state index in [1.165, 1.54) is 6.07 Å². The Labute approximate surface area is 91.7 Å². The Hall–Kier alpha value is -1.79. The Balaban J connectivity index is 2.87. The molecule has 0 saturated heterocycles. The van der Waals surface area contributed by atoms with Crippen molar-refractivity contribution in [3.8, 4) is 11.8 Å². The van der Waals surface area contributed by atoms with Crippen LogP contribution in [0, 0.1) is 11.8 Å². The molecule has 0 unspecified atom stereocenters. The monoisotopic (exact) mass is 222 g/mol. The minimum absolute atomic E-state index is 0.215. The molecule has 0 radical (unpaired) electrons. The lowest BCUT2D eigenvalue weighted by Gasteiger charge is -1.95. The molecule has 0 atom stereocenters. The fourth-order valence-corrected chi connectivity index (χ4v) is 1.15. The van der Waals surface area contributed by atoms with Crippen LogP contribution in [0.4, 0.5) is 0 Å². The topological polar surface area (TPSA) is 54.4 Å². The largest absolute Gasteiger partial charge is 0.481 e. The van der Waals surface area contributed by atoms with Gasteiger partial charge in [0, 0.05) is 11.1 Å². The lowest BCUT2D eigenvalue weighted by atomic mass is 10.1. The molecule has 4 heteroatoms. The molecule has 1 aromatic rings. The molecule has 15 heavy (non-hydrogen) atoms. The zero-order valence-corrected chi connectivity index (χ0v) is 8.41. The van der Waals surface area contributed by atoms with Gasteiger partial charge in [-0.2, -0.15) is 0 Å². The third-order valence-electron chi connectivity index (χ3n) is 1.60. The molecule has 0 spiro atoms. The number of hydrogen-bond donors (Lipinski definition) is 1. The van der Waals surface area contributed by atoms with Crippen molar-refractivity contribution in [3.63, 3.8) is 0 Å². The molecule has 0 bridgehead atoms. The standard InChI is InChI=1S/C11H7ClO3/c12-10-6-8(2-1-3-11(14)15)4-5-9(10)7-13/h4-7H,3H2,(H,14,15). The fraction of sp³-hybridized carbons (Fsp3) is 0.0909. The number of halogens is 1. The second-order valence-corrected chi connectivity index (χ2v) is 3.13. The van der Waals surface area contributed by atoms with Gasteiger partial charge in [-0.05, 0) is 18.2 Å². The van der Waals surface area contributed by atoms with Crippen molar-refractivity contribution in [3.05, 3.63) is 34.3 Å². The molecule has 0 fully saturated rings. The van der Waals surface area contributed by atoms with Crippen LogP contribution in [0.3, 0.4) is 0 Å². The zero-order chi connectivity index (χ0) is 11.3. The molecule has 76 valence electrons. The SMILES string of the molecule is O=Cc1ccc(C#CCC(=O)O)cc1Cl. The number of carboxylic acids is 1. The Morgan fingerprint density at radius 3 is 2.80 bits per heavy atom. The molecule has 1 N–H and O–H groups in total. The summed E-state index contributed by atoms with van der Waals surface area (Å²) in [6.45, 7) is 0. The van der Waals surface area contributed by atoms with E-state index in [1.54, 1.807) is 12.1 Å². The second kappa shape index (κ2) is 5.18. The van der Waals surface area contributed by atoms with E-state index >= 15 is 0 Å². The van der Waals surface area contributed by atoms with Crippen LogP contribution in [0.25, 0.3) is 0 Å². The fourth-order valence-electron chi connectivity index (χ4n) is 0.922. The highest BCUT2D eigenvalue weighted by Crippen LogP contribution is 2.15. The van der Waals surface area contributed by atoms with Gasteiger partial charge >= 0.3 is 5.97 Å². The zero-order valence-electron chi connectivity index (χ0n) is 7.66. The third-order valence-corrected chi connectivity index (χ3v) is 1.93. The first-order chi connectivity index (χ1) is 7.13. The number of aldehydes is 1. The average Bonchev–Trinajstić information content (AvgIpc) is 2.17. The molecule has 0 heterocycles. The first-order valence-electron chi connectivity index (χ1n) is 4.09. The molecular weight excluding hydrogens is 216 g/mol. The van der Waals surface area contributed by atoms with Crippen molar-refractivity contribution in [1.29, 1.82) is 0 Å². The first kappa shape index (κ1) is 11.3. The maximum Gasteiger partial charge on any atom is 0.315 e.